The summed E-state index contributed by atoms with van der Waals surface area (Å²) in [5, 5.41) is 16.9. The second-order valence-corrected chi connectivity index (χ2v) is 8.74. The molecule has 3 aliphatic heterocycles. The van der Waals surface area contributed by atoms with E-state index in [9.17, 15) is 32.7 Å². The third-order valence-electron chi connectivity index (χ3n) is 6.37. The lowest BCUT2D eigenvalue weighted by Crippen LogP contribution is -2.48. The summed E-state index contributed by atoms with van der Waals surface area (Å²) in [5.41, 5.74) is 2.51. The van der Waals surface area contributed by atoms with Crippen molar-refractivity contribution < 1.29 is 42.6 Å². The third-order valence-corrected chi connectivity index (χ3v) is 6.37. The van der Waals surface area contributed by atoms with E-state index >= 15 is 0 Å². The molecule has 2 aromatic carbocycles. The molecule has 2 aromatic rings. The smallest absolute Gasteiger partial charge is 0.490 e. The SMILES string of the molecule is Cc1cccc(CN2C3C=CC(=O)C2C2C(=O)N(c4cccc(O)c4)C(=O)C23)c1.O=C(O)C(F)(F)F. The fourth-order valence-corrected chi connectivity index (χ4v) is 4.98. The fraction of sp³-hybridized carbons (Fsp3) is 0.280. The normalized spacial score (nSPS) is 25.0. The number of amides is 2. The molecule has 0 aromatic heterocycles. The van der Waals surface area contributed by atoms with Gasteiger partial charge >= 0.3 is 12.1 Å². The maximum Gasteiger partial charge on any atom is 0.490 e. The van der Waals surface area contributed by atoms with E-state index in [1.165, 1.54) is 18.2 Å². The van der Waals surface area contributed by atoms with Crippen LogP contribution >= 0.6 is 0 Å². The predicted molar refractivity (Wildman–Crippen MR) is 120 cm³/mol. The van der Waals surface area contributed by atoms with Crippen LogP contribution in [0.1, 0.15) is 11.1 Å². The summed E-state index contributed by atoms with van der Waals surface area (Å²) < 4.78 is 31.7. The molecule has 2 bridgehead atoms. The molecule has 5 rings (SSSR count). The van der Waals surface area contributed by atoms with Gasteiger partial charge in [0.1, 0.15) is 5.75 Å². The average molecular weight is 502 g/mol. The van der Waals surface area contributed by atoms with Crippen LogP contribution < -0.4 is 4.90 Å². The van der Waals surface area contributed by atoms with E-state index in [0.717, 1.165) is 16.0 Å². The molecule has 2 N–H and O–H groups in total. The number of carboxylic acids is 1. The first-order valence-electron chi connectivity index (χ1n) is 10.9. The van der Waals surface area contributed by atoms with Crippen molar-refractivity contribution in [2.45, 2.75) is 31.7 Å². The molecule has 0 aliphatic carbocycles. The first-order valence-corrected chi connectivity index (χ1v) is 10.9. The number of anilines is 1. The van der Waals surface area contributed by atoms with Gasteiger partial charge in [0.05, 0.1) is 23.6 Å². The number of nitrogens with zero attached hydrogens (tertiary/aromatic N) is 2. The molecule has 0 spiro atoms. The van der Waals surface area contributed by atoms with Gasteiger partial charge in [-0.15, -0.1) is 0 Å². The van der Waals surface area contributed by atoms with Gasteiger partial charge in [0.25, 0.3) is 0 Å². The van der Waals surface area contributed by atoms with Gasteiger partial charge in [-0.3, -0.25) is 19.3 Å². The van der Waals surface area contributed by atoms with Gasteiger partial charge in [0.2, 0.25) is 11.8 Å². The molecule has 4 atom stereocenters. The van der Waals surface area contributed by atoms with Crippen LogP contribution in [0.25, 0.3) is 0 Å². The molecule has 11 heteroatoms. The first-order chi connectivity index (χ1) is 16.9. The van der Waals surface area contributed by atoms with Crippen LogP contribution in [0, 0.1) is 18.8 Å². The molecule has 36 heavy (non-hydrogen) atoms. The lowest BCUT2D eigenvalue weighted by atomic mass is 9.90. The minimum atomic E-state index is -5.08. The molecule has 2 fully saturated rings. The highest BCUT2D eigenvalue weighted by Crippen LogP contribution is 2.47. The molecule has 8 nitrogen and oxygen atoms in total. The molecule has 3 heterocycles. The number of halogens is 3. The number of benzene rings is 2. The number of phenolic OH excluding ortho intramolecular Hbond substituents is 1. The Labute approximate surface area is 203 Å². The van der Waals surface area contributed by atoms with Crippen molar-refractivity contribution in [3.63, 3.8) is 0 Å². The number of aromatic hydroxyl groups is 1. The largest absolute Gasteiger partial charge is 0.508 e. The highest BCUT2D eigenvalue weighted by molar-refractivity contribution is 6.24. The molecule has 0 saturated carbocycles. The molecular weight excluding hydrogens is 481 g/mol. The van der Waals surface area contributed by atoms with Crippen LogP contribution in [-0.4, -0.2) is 56.9 Å². The number of hydrogen-bond donors (Lipinski definition) is 2. The molecule has 3 aliphatic rings. The summed E-state index contributed by atoms with van der Waals surface area (Å²) in [6, 6.07) is 13.2. The maximum atomic E-state index is 13.3. The number of hydrogen-bond acceptors (Lipinski definition) is 6. The zero-order chi connectivity index (χ0) is 26.4. The first kappa shape index (κ1) is 25.1. The van der Waals surface area contributed by atoms with Gasteiger partial charge in [-0.2, -0.15) is 13.2 Å². The monoisotopic (exact) mass is 502 g/mol. The van der Waals surface area contributed by atoms with Gasteiger partial charge < -0.3 is 10.2 Å². The Balaban J connectivity index is 0.000000384. The van der Waals surface area contributed by atoms with Crippen LogP contribution in [0.3, 0.4) is 0 Å². The van der Waals surface area contributed by atoms with Crippen molar-refractivity contribution >= 4 is 29.3 Å². The van der Waals surface area contributed by atoms with E-state index in [1.54, 1.807) is 18.2 Å². The number of aliphatic carboxylic acids is 1. The van der Waals surface area contributed by atoms with Crippen LogP contribution in [-0.2, 0) is 25.7 Å². The molecule has 188 valence electrons. The average Bonchev–Trinajstić information content (AvgIpc) is 3.17. The second-order valence-electron chi connectivity index (χ2n) is 8.74. The summed E-state index contributed by atoms with van der Waals surface area (Å²) in [6.07, 6.45) is -1.81. The van der Waals surface area contributed by atoms with E-state index in [-0.39, 0.29) is 29.4 Å². The zero-order valence-corrected chi connectivity index (χ0v) is 18.8. The number of rotatable bonds is 3. The van der Waals surface area contributed by atoms with Gasteiger partial charge in [0, 0.05) is 18.7 Å². The Morgan fingerprint density at radius 2 is 1.64 bits per heavy atom. The van der Waals surface area contributed by atoms with Crippen molar-refractivity contribution in [2.24, 2.45) is 11.8 Å². The van der Waals surface area contributed by atoms with Gasteiger partial charge in [-0.25, -0.2) is 9.69 Å². The maximum absolute atomic E-state index is 13.3. The number of ketones is 1. The summed E-state index contributed by atoms with van der Waals surface area (Å²) in [4.78, 5) is 51.3. The van der Waals surface area contributed by atoms with Crippen LogP contribution in [0.5, 0.6) is 5.75 Å². The number of imide groups is 1. The number of alkyl halides is 3. The number of carbonyl (C=O) groups excluding carboxylic acids is 3. The highest BCUT2D eigenvalue weighted by Gasteiger charge is 2.64. The molecule has 0 radical (unpaired) electrons. The van der Waals surface area contributed by atoms with Gasteiger partial charge in [-0.1, -0.05) is 42.0 Å². The minimum Gasteiger partial charge on any atom is -0.508 e. The number of carbonyl (C=O) groups is 4. The molecular formula is C25H21F3N2O6. The zero-order valence-electron chi connectivity index (χ0n) is 18.8. The third kappa shape index (κ3) is 4.49. The second kappa shape index (κ2) is 9.23. The van der Waals surface area contributed by atoms with Crippen molar-refractivity contribution in [3.8, 4) is 5.75 Å². The standard InChI is InChI=1S/C23H20N2O4.C2HF3O2/c1-13-4-2-5-14(10-13)12-24-17-8-9-18(27)21(24)20-19(17)22(28)25(23(20)29)15-6-3-7-16(26)11-15;3-2(4,5)1(6)7/h2-11,17,19-21,26H,12H2,1H3;(H,6,7). The van der Waals surface area contributed by atoms with E-state index < -0.39 is 30.0 Å². The van der Waals surface area contributed by atoms with E-state index in [2.05, 4.69) is 6.07 Å². The highest BCUT2D eigenvalue weighted by atomic mass is 19.4. The summed E-state index contributed by atoms with van der Waals surface area (Å²) in [7, 11) is 0. The molecule has 4 unspecified atom stereocenters. The summed E-state index contributed by atoms with van der Waals surface area (Å²) in [6.45, 7) is 2.51. The van der Waals surface area contributed by atoms with Gasteiger partial charge in [-0.05, 0) is 30.7 Å². The van der Waals surface area contributed by atoms with Crippen LogP contribution in [0.15, 0.2) is 60.7 Å². The quantitative estimate of drug-likeness (QED) is 0.621. The minimum absolute atomic E-state index is 0.0163. The van der Waals surface area contributed by atoms with Crippen molar-refractivity contribution in [1.29, 1.82) is 0 Å². The lowest BCUT2D eigenvalue weighted by molar-refractivity contribution is -0.192. The number of fused-ring (bicyclic) bond motifs is 5. The summed E-state index contributed by atoms with van der Waals surface area (Å²) in [5.74, 6) is -4.90. The Bertz CT molecular complexity index is 1270. The topological polar surface area (TPSA) is 115 Å². The van der Waals surface area contributed by atoms with Crippen LogP contribution in [0.2, 0.25) is 0 Å². The van der Waals surface area contributed by atoms with E-state index in [4.69, 9.17) is 9.90 Å². The summed E-state index contributed by atoms with van der Waals surface area (Å²) >= 11 is 0. The Morgan fingerprint density at radius 3 is 2.25 bits per heavy atom. The molecule has 2 amide bonds. The number of carboxylic acid groups (broad SMARTS) is 1. The van der Waals surface area contributed by atoms with E-state index in [1.807, 2.05) is 30.0 Å². The Morgan fingerprint density at radius 1 is 1.00 bits per heavy atom. The van der Waals surface area contributed by atoms with Crippen molar-refractivity contribution in [2.75, 3.05) is 4.90 Å². The van der Waals surface area contributed by atoms with E-state index in [0.29, 0.717) is 12.2 Å². The van der Waals surface area contributed by atoms with Gasteiger partial charge in [0.15, 0.2) is 5.78 Å². The van der Waals surface area contributed by atoms with Crippen molar-refractivity contribution in [1.82, 2.24) is 4.90 Å². The lowest BCUT2D eigenvalue weighted by Gasteiger charge is -2.33. The van der Waals surface area contributed by atoms with Crippen LogP contribution in [0.4, 0.5) is 18.9 Å². The Hall–Kier alpha value is -3.99. The Kier molecular flexibility index (Phi) is 6.44. The number of phenols is 1. The molecule has 2 saturated heterocycles. The number of aryl methyl sites for hydroxylation is 1. The predicted octanol–water partition coefficient (Wildman–Crippen LogP) is 2.83. The fourth-order valence-electron chi connectivity index (χ4n) is 4.98. The van der Waals surface area contributed by atoms with Crippen molar-refractivity contribution in [3.05, 3.63) is 71.8 Å².